The summed E-state index contributed by atoms with van der Waals surface area (Å²) in [6, 6.07) is 3.93. The molecule has 4 aromatic rings. The van der Waals surface area contributed by atoms with Crippen LogP contribution in [-0.4, -0.2) is 50.6 Å². The van der Waals surface area contributed by atoms with Gasteiger partial charge in [0.2, 0.25) is 5.75 Å². The summed E-state index contributed by atoms with van der Waals surface area (Å²) in [5, 5.41) is 8.75. The van der Waals surface area contributed by atoms with Crippen molar-refractivity contribution in [1.82, 2.24) is 29.3 Å². The zero-order chi connectivity index (χ0) is 25.1. The van der Waals surface area contributed by atoms with E-state index in [1.807, 2.05) is 34.5 Å². The molecule has 184 valence electrons. The van der Waals surface area contributed by atoms with E-state index < -0.39 is 0 Å². The molecular weight excluding hydrogens is 446 g/mol. The minimum absolute atomic E-state index is 0.220. The highest BCUT2D eigenvalue weighted by Gasteiger charge is 2.18. The summed E-state index contributed by atoms with van der Waals surface area (Å²) in [6.07, 6.45) is 7.42. The molecule has 1 aromatic carbocycles. The number of ether oxygens (including phenoxy) is 3. The lowest BCUT2D eigenvalue weighted by Crippen LogP contribution is -2.09. The molecule has 1 atom stereocenters. The number of aromatic nitrogens is 6. The Kier molecular flexibility index (Phi) is 6.90. The highest BCUT2D eigenvalue weighted by molar-refractivity contribution is 5.89. The summed E-state index contributed by atoms with van der Waals surface area (Å²) in [6.45, 7) is 10.2. The maximum Gasteiger partial charge on any atom is 0.203 e. The maximum atomic E-state index is 5.48. The third kappa shape index (κ3) is 4.64. The van der Waals surface area contributed by atoms with Crippen molar-refractivity contribution in [2.75, 3.05) is 26.6 Å². The van der Waals surface area contributed by atoms with Gasteiger partial charge in [0, 0.05) is 12.1 Å². The molecule has 10 nitrogen and oxygen atoms in total. The number of imidazole rings is 1. The summed E-state index contributed by atoms with van der Waals surface area (Å²) in [5.74, 6) is 3.44. The van der Waals surface area contributed by atoms with Gasteiger partial charge in [-0.25, -0.2) is 19.6 Å². The van der Waals surface area contributed by atoms with E-state index in [1.165, 1.54) is 0 Å². The van der Waals surface area contributed by atoms with E-state index in [-0.39, 0.29) is 6.04 Å². The van der Waals surface area contributed by atoms with Crippen molar-refractivity contribution in [3.05, 3.63) is 43.3 Å². The fraction of sp³-hybridized carbons (Fsp3) is 0.360. The van der Waals surface area contributed by atoms with Gasteiger partial charge in [-0.1, -0.05) is 19.9 Å². The first kappa shape index (κ1) is 24.1. The first-order valence-electron chi connectivity index (χ1n) is 11.4. The Morgan fingerprint density at radius 1 is 1.11 bits per heavy atom. The fourth-order valence-electron chi connectivity index (χ4n) is 3.94. The zero-order valence-electron chi connectivity index (χ0n) is 21.0. The van der Waals surface area contributed by atoms with Crippen LogP contribution in [0.1, 0.15) is 45.5 Å². The molecule has 0 fully saturated rings. The van der Waals surface area contributed by atoms with Gasteiger partial charge in [-0.2, -0.15) is 5.10 Å². The standard InChI is InChI=1S/C25H31N7O3/c1-8-9-16(4)32-25-18(12-27-32)24(29-23(30-25)15(2)3)28-21-13-31(14-26-21)17-10-19(33-5)22(35-7)20(11-17)34-6/h10-14,16H,2,8-9H2,1,3-7H3,(H,28,29,30). The van der Waals surface area contributed by atoms with Crippen LogP contribution in [0.3, 0.4) is 0 Å². The van der Waals surface area contributed by atoms with Gasteiger partial charge in [0.1, 0.15) is 18.0 Å². The minimum Gasteiger partial charge on any atom is -0.493 e. The quantitative estimate of drug-likeness (QED) is 0.334. The number of rotatable bonds is 10. The van der Waals surface area contributed by atoms with Crippen molar-refractivity contribution in [1.29, 1.82) is 0 Å². The third-order valence-electron chi connectivity index (χ3n) is 5.74. The van der Waals surface area contributed by atoms with Gasteiger partial charge < -0.3 is 24.1 Å². The van der Waals surface area contributed by atoms with Crippen molar-refractivity contribution in [2.24, 2.45) is 0 Å². The smallest absolute Gasteiger partial charge is 0.203 e. The van der Waals surface area contributed by atoms with E-state index in [0.717, 1.165) is 35.1 Å². The Hall–Kier alpha value is -4.08. The van der Waals surface area contributed by atoms with Crippen LogP contribution in [0.25, 0.3) is 22.3 Å². The summed E-state index contributed by atoms with van der Waals surface area (Å²) in [4.78, 5) is 13.9. The van der Waals surface area contributed by atoms with Crippen LogP contribution in [-0.2, 0) is 0 Å². The number of fused-ring (bicyclic) bond motifs is 1. The van der Waals surface area contributed by atoms with Crippen molar-refractivity contribution >= 4 is 28.2 Å². The van der Waals surface area contributed by atoms with Crippen molar-refractivity contribution in [3.63, 3.8) is 0 Å². The maximum absolute atomic E-state index is 5.48. The molecule has 35 heavy (non-hydrogen) atoms. The van der Waals surface area contributed by atoms with Crippen LogP contribution in [0, 0.1) is 0 Å². The molecule has 0 aliphatic rings. The predicted octanol–water partition coefficient (Wildman–Crippen LogP) is 5.18. The number of anilines is 2. The number of methoxy groups -OCH3 is 3. The predicted molar refractivity (Wildman–Crippen MR) is 136 cm³/mol. The molecule has 3 heterocycles. The molecule has 0 bridgehead atoms. The minimum atomic E-state index is 0.220. The Morgan fingerprint density at radius 2 is 1.83 bits per heavy atom. The lowest BCUT2D eigenvalue weighted by Gasteiger charge is -2.14. The van der Waals surface area contributed by atoms with Gasteiger partial charge in [0.15, 0.2) is 23.0 Å². The molecule has 0 amide bonds. The summed E-state index contributed by atoms with van der Waals surface area (Å²) in [7, 11) is 4.75. The monoisotopic (exact) mass is 477 g/mol. The largest absolute Gasteiger partial charge is 0.493 e. The number of benzene rings is 1. The van der Waals surface area contributed by atoms with Gasteiger partial charge in [-0.3, -0.25) is 0 Å². The molecule has 10 heteroatoms. The molecule has 0 saturated carbocycles. The number of nitrogens with one attached hydrogen (secondary N) is 1. The number of hydrogen-bond acceptors (Lipinski definition) is 8. The first-order chi connectivity index (χ1) is 16.9. The molecular formula is C25H31N7O3. The molecule has 0 radical (unpaired) electrons. The Labute approximate surface area is 204 Å². The van der Waals surface area contributed by atoms with Crippen molar-refractivity contribution in [2.45, 2.75) is 39.7 Å². The van der Waals surface area contributed by atoms with Crippen LogP contribution in [0.4, 0.5) is 11.6 Å². The van der Waals surface area contributed by atoms with Crippen LogP contribution < -0.4 is 19.5 Å². The lowest BCUT2D eigenvalue weighted by molar-refractivity contribution is 0.324. The van der Waals surface area contributed by atoms with Gasteiger partial charge in [-0.15, -0.1) is 0 Å². The molecule has 4 rings (SSSR count). The van der Waals surface area contributed by atoms with E-state index in [0.29, 0.717) is 34.7 Å². The first-order valence-corrected chi connectivity index (χ1v) is 11.4. The average molecular weight is 478 g/mol. The average Bonchev–Trinajstić information content (AvgIpc) is 3.50. The van der Waals surface area contributed by atoms with Gasteiger partial charge in [-0.05, 0) is 25.8 Å². The molecule has 0 spiro atoms. The normalized spacial score (nSPS) is 11.9. The van der Waals surface area contributed by atoms with E-state index in [2.05, 4.69) is 35.8 Å². The van der Waals surface area contributed by atoms with Crippen molar-refractivity contribution < 1.29 is 14.2 Å². The van der Waals surface area contributed by atoms with Crippen LogP contribution in [0.5, 0.6) is 17.2 Å². The highest BCUT2D eigenvalue weighted by atomic mass is 16.5. The molecule has 3 aromatic heterocycles. The van der Waals surface area contributed by atoms with Crippen LogP contribution in [0.2, 0.25) is 0 Å². The van der Waals surface area contributed by atoms with E-state index in [4.69, 9.17) is 24.2 Å². The molecule has 0 saturated heterocycles. The van der Waals surface area contributed by atoms with E-state index in [9.17, 15) is 0 Å². The highest BCUT2D eigenvalue weighted by Crippen LogP contribution is 2.39. The van der Waals surface area contributed by atoms with Crippen LogP contribution in [0.15, 0.2) is 37.4 Å². The Bertz CT molecular complexity index is 1330. The second-order valence-electron chi connectivity index (χ2n) is 8.31. The molecule has 0 aliphatic heterocycles. The third-order valence-corrected chi connectivity index (χ3v) is 5.74. The van der Waals surface area contributed by atoms with Gasteiger partial charge >= 0.3 is 0 Å². The molecule has 1 N–H and O–H groups in total. The number of nitrogens with zero attached hydrogens (tertiary/aromatic N) is 6. The van der Waals surface area contributed by atoms with Crippen LogP contribution >= 0.6 is 0 Å². The second-order valence-corrected chi connectivity index (χ2v) is 8.31. The Balaban J connectivity index is 1.72. The number of hydrogen-bond donors (Lipinski definition) is 1. The topological polar surface area (TPSA) is 101 Å². The van der Waals surface area contributed by atoms with Gasteiger partial charge in [0.25, 0.3) is 0 Å². The SMILES string of the molecule is C=C(C)c1nc(Nc2cn(-c3cc(OC)c(OC)c(OC)c3)cn2)c2cnn(C(C)CCC)c2n1. The van der Waals surface area contributed by atoms with E-state index >= 15 is 0 Å². The van der Waals surface area contributed by atoms with Crippen molar-refractivity contribution in [3.8, 4) is 22.9 Å². The summed E-state index contributed by atoms with van der Waals surface area (Å²) >= 11 is 0. The second kappa shape index (κ2) is 10.0. The summed E-state index contributed by atoms with van der Waals surface area (Å²) < 4.78 is 20.2. The number of allylic oxidation sites excluding steroid dienone is 1. The molecule has 0 aliphatic carbocycles. The Morgan fingerprint density at radius 3 is 2.43 bits per heavy atom. The van der Waals surface area contributed by atoms with E-state index in [1.54, 1.807) is 33.9 Å². The fourth-order valence-corrected chi connectivity index (χ4v) is 3.94. The summed E-state index contributed by atoms with van der Waals surface area (Å²) in [5.41, 5.74) is 2.34. The molecule has 1 unspecified atom stereocenters. The van der Waals surface area contributed by atoms with Gasteiger partial charge in [0.05, 0.1) is 50.8 Å². The lowest BCUT2D eigenvalue weighted by atomic mass is 10.2. The zero-order valence-corrected chi connectivity index (χ0v) is 21.0.